The molecule has 3 atom stereocenters. The van der Waals surface area contributed by atoms with E-state index >= 15 is 0 Å². The number of fused-ring (bicyclic) bond motifs is 1. The van der Waals surface area contributed by atoms with E-state index in [0.29, 0.717) is 5.69 Å². The number of carbonyl (C=O) groups is 4. The van der Waals surface area contributed by atoms with Crippen LogP contribution in [0.25, 0.3) is 0 Å². The molecular weight excluding hydrogens is 423 g/mol. The average Bonchev–Trinajstić information content (AvgIpc) is 2.70. The minimum atomic E-state index is -1.56. The SMILES string of the molecule is CO[C@]12SCC(COC(C)=O)(C(=O)[O-])CN1C(=O)C2N(C(C)=O)c1ccccc1.[Na+]. The second kappa shape index (κ2) is 9.27. The van der Waals surface area contributed by atoms with Crippen LogP contribution < -0.4 is 39.6 Å². The van der Waals surface area contributed by atoms with Gasteiger partial charge >= 0.3 is 35.5 Å². The zero-order valence-electron chi connectivity index (χ0n) is 17.2. The van der Waals surface area contributed by atoms with Gasteiger partial charge in [0.2, 0.25) is 11.0 Å². The predicted molar refractivity (Wildman–Crippen MR) is 101 cm³/mol. The number of carbonyl (C=O) groups excluding carboxylic acids is 4. The Balaban J connectivity index is 0.00000320. The number of para-hydroxylation sites is 1. The van der Waals surface area contributed by atoms with E-state index in [-0.39, 0.29) is 47.8 Å². The maximum Gasteiger partial charge on any atom is 1.00 e. The smallest absolute Gasteiger partial charge is 0.549 e. The van der Waals surface area contributed by atoms with Crippen molar-refractivity contribution in [2.75, 3.05) is 30.9 Å². The number of aliphatic carboxylic acids is 1. The van der Waals surface area contributed by atoms with E-state index in [0.717, 1.165) is 11.8 Å². The van der Waals surface area contributed by atoms with Gasteiger partial charge in [0.15, 0.2) is 6.04 Å². The number of amides is 2. The van der Waals surface area contributed by atoms with E-state index in [2.05, 4.69) is 0 Å². The van der Waals surface area contributed by atoms with Gasteiger partial charge in [0.05, 0.1) is 11.4 Å². The molecular formula is C19H21N2NaO7S. The summed E-state index contributed by atoms with van der Waals surface area (Å²) in [7, 11) is 1.40. The van der Waals surface area contributed by atoms with Gasteiger partial charge in [0.25, 0.3) is 5.91 Å². The van der Waals surface area contributed by atoms with Crippen molar-refractivity contribution >= 4 is 41.2 Å². The fraction of sp³-hybridized carbons (Fsp3) is 0.474. The van der Waals surface area contributed by atoms with Crippen molar-refractivity contribution in [3.05, 3.63) is 30.3 Å². The maximum absolute atomic E-state index is 13.0. The number of carboxylic acids is 1. The molecule has 0 aliphatic carbocycles. The Hall–Kier alpha value is -1.59. The van der Waals surface area contributed by atoms with Gasteiger partial charge in [-0.25, -0.2) is 0 Å². The number of ether oxygens (including phenoxy) is 2. The van der Waals surface area contributed by atoms with Crippen LogP contribution in [0.2, 0.25) is 0 Å². The van der Waals surface area contributed by atoms with E-state index in [9.17, 15) is 24.3 Å². The molecule has 156 valence electrons. The molecule has 11 heteroatoms. The van der Waals surface area contributed by atoms with Crippen LogP contribution >= 0.6 is 11.8 Å². The number of nitrogens with zero attached hydrogens (tertiary/aromatic N) is 2. The van der Waals surface area contributed by atoms with Gasteiger partial charge in [-0.15, -0.1) is 11.8 Å². The van der Waals surface area contributed by atoms with Crippen LogP contribution in [-0.2, 0) is 28.7 Å². The molecule has 0 aromatic heterocycles. The second-order valence-electron chi connectivity index (χ2n) is 7.02. The fourth-order valence-corrected chi connectivity index (χ4v) is 5.21. The fourth-order valence-electron chi connectivity index (χ4n) is 3.64. The molecule has 0 spiro atoms. The Labute approximate surface area is 200 Å². The maximum atomic E-state index is 13.0. The summed E-state index contributed by atoms with van der Waals surface area (Å²) in [4.78, 5) is 51.1. The Bertz CT molecular complexity index is 855. The summed E-state index contributed by atoms with van der Waals surface area (Å²) in [5.41, 5.74) is -1.03. The summed E-state index contributed by atoms with van der Waals surface area (Å²) in [5.74, 6) is -2.86. The number of β-lactam (4-membered cyclic amide) rings is 1. The van der Waals surface area contributed by atoms with Crippen molar-refractivity contribution in [1.82, 2.24) is 4.90 Å². The zero-order chi connectivity index (χ0) is 21.4. The van der Waals surface area contributed by atoms with Crippen molar-refractivity contribution < 1.29 is 63.3 Å². The molecule has 9 nitrogen and oxygen atoms in total. The number of esters is 1. The molecule has 2 heterocycles. The van der Waals surface area contributed by atoms with E-state index in [1.807, 2.05) is 0 Å². The second-order valence-corrected chi connectivity index (χ2v) is 8.19. The standard InChI is InChI=1S/C19H22N2O7S.Na/c1-12(22)21(14-7-5-4-6-8-14)15-16(24)20-9-18(17(25)26,10-28-13(2)23)11-29-19(15,20)27-3;/h4-8,15H,9-11H2,1-3H3,(H,25,26);/q;+1/p-1/t15?,18?,19-;/m1./s1. The minimum Gasteiger partial charge on any atom is -0.549 e. The molecule has 0 N–H and O–H groups in total. The van der Waals surface area contributed by atoms with Gasteiger partial charge in [0.1, 0.15) is 6.61 Å². The van der Waals surface area contributed by atoms with Gasteiger partial charge in [-0.05, 0) is 12.1 Å². The number of carboxylic acid groups (broad SMARTS) is 1. The Kier molecular flexibility index (Phi) is 7.63. The van der Waals surface area contributed by atoms with E-state index < -0.39 is 41.0 Å². The van der Waals surface area contributed by atoms with Crippen LogP contribution in [0.3, 0.4) is 0 Å². The predicted octanol–water partition coefficient (Wildman–Crippen LogP) is -3.40. The summed E-state index contributed by atoms with van der Waals surface area (Å²) in [6, 6.07) is 7.76. The first-order valence-electron chi connectivity index (χ1n) is 8.89. The summed E-state index contributed by atoms with van der Waals surface area (Å²) in [6.45, 7) is 1.86. The molecule has 0 bridgehead atoms. The van der Waals surface area contributed by atoms with Gasteiger partial charge in [0, 0.05) is 38.9 Å². The van der Waals surface area contributed by atoms with Crippen molar-refractivity contribution in [3.8, 4) is 0 Å². The topological polar surface area (TPSA) is 116 Å². The number of benzene rings is 1. The van der Waals surface area contributed by atoms with Crippen LogP contribution in [-0.4, -0.2) is 65.8 Å². The normalized spacial score (nSPS) is 27.2. The number of rotatable bonds is 6. The van der Waals surface area contributed by atoms with E-state index in [1.54, 1.807) is 30.3 Å². The molecule has 30 heavy (non-hydrogen) atoms. The van der Waals surface area contributed by atoms with Crippen molar-refractivity contribution in [2.45, 2.75) is 24.9 Å². The number of methoxy groups -OCH3 is 1. The van der Waals surface area contributed by atoms with E-state index in [4.69, 9.17) is 9.47 Å². The molecule has 0 radical (unpaired) electrons. The first-order chi connectivity index (χ1) is 13.7. The molecule has 2 aliphatic heterocycles. The third-order valence-corrected chi connectivity index (χ3v) is 6.87. The third-order valence-electron chi connectivity index (χ3n) is 5.15. The van der Waals surface area contributed by atoms with Crippen LogP contribution in [0.5, 0.6) is 0 Å². The Morgan fingerprint density at radius 2 is 1.90 bits per heavy atom. The largest absolute Gasteiger partial charge is 1.00 e. The monoisotopic (exact) mass is 444 g/mol. The van der Waals surface area contributed by atoms with Crippen LogP contribution in [0.4, 0.5) is 5.69 Å². The third kappa shape index (κ3) is 3.99. The molecule has 0 saturated carbocycles. The molecule has 1 aromatic carbocycles. The average molecular weight is 444 g/mol. The van der Waals surface area contributed by atoms with Gasteiger partial charge in [-0.3, -0.25) is 19.3 Å². The Morgan fingerprint density at radius 3 is 2.40 bits per heavy atom. The van der Waals surface area contributed by atoms with Gasteiger partial charge in [-0.2, -0.15) is 0 Å². The summed E-state index contributed by atoms with van der Waals surface area (Å²) in [5, 5.41) is 10.6. The summed E-state index contributed by atoms with van der Waals surface area (Å²) < 4.78 is 10.6. The number of hydrogen-bond acceptors (Lipinski definition) is 8. The van der Waals surface area contributed by atoms with Crippen LogP contribution in [0, 0.1) is 5.41 Å². The molecule has 1 aromatic rings. The number of anilines is 1. The van der Waals surface area contributed by atoms with Crippen molar-refractivity contribution in [3.63, 3.8) is 0 Å². The summed E-state index contributed by atoms with van der Waals surface area (Å²) in [6.07, 6.45) is 0. The molecule has 3 rings (SSSR count). The Morgan fingerprint density at radius 1 is 1.27 bits per heavy atom. The van der Waals surface area contributed by atoms with Crippen molar-refractivity contribution in [1.29, 1.82) is 0 Å². The van der Waals surface area contributed by atoms with Gasteiger partial charge < -0.3 is 24.3 Å². The molecule has 2 fully saturated rings. The summed E-state index contributed by atoms with van der Waals surface area (Å²) >= 11 is 1.08. The molecule has 2 saturated heterocycles. The first-order valence-corrected chi connectivity index (χ1v) is 9.87. The van der Waals surface area contributed by atoms with Crippen LogP contribution in [0.15, 0.2) is 30.3 Å². The molecule has 2 aliphatic rings. The molecule has 2 amide bonds. The van der Waals surface area contributed by atoms with Gasteiger partial charge in [-0.1, -0.05) is 18.2 Å². The quantitative estimate of drug-likeness (QED) is 0.253. The van der Waals surface area contributed by atoms with E-state index in [1.165, 1.54) is 30.8 Å². The molecule has 2 unspecified atom stereocenters. The van der Waals surface area contributed by atoms with Crippen molar-refractivity contribution in [2.24, 2.45) is 5.41 Å². The minimum absolute atomic E-state index is 0. The van der Waals surface area contributed by atoms with Crippen LogP contribution in [0.1, 0.15) is 13.8 Å². The number of thioether (sulfide) groups is 1. The number of hydrogen-bond donors (Lipinski definition) is 0. The zero-order valence-corrected chi connectivity index (χ0v) is 20.1. The first kappa shape index (κ1) is 24.7.